The number of hydrogen-bond acceptors (Lipinski definition) is 9. The molecule has 1 unspecified atom stereocenters. The second-order valence-electron chi connectivity index (χ2n) is 12.2. The maximum absolute atomic E-state index is 13.8. The first-order chi connectivity index (χ1) is 21.2. The molecule has 0 saturated carbocycles. The third kappa shape index (κ3) is 8.42. The van der Waals surface area contributed by atoms with Gasteiger partial charge in [0.25, 0.3) is 0 Å². The number of hydrogen-bond donors (Lipinski definition) is 6. The second-order valence-corrected chi connectivity index (χ2v) is 13.0. The molecule has 1 aromatic heterocycles. The number of thiazole rings is 1. The largest absolute Gasteiger partial charge is 0.391 e. The molecule has 45 heavy (non-hydrogen) atoms. The average Bonchev–Trinajstić information content (AvgIpc) is 3.60. The monoisotopic (exact) mass is 641 g/mol. The van der Waals surface area contributed by atoms with Crippen LogP contribution in [0.3, 0.4) is 0 Å². The fourth-order valence-corrected chi connectivity index (χ4v) is 6.00. The lowest BCUT2D eigenvalue weighted by atomic mass is 9.85. The lowest BCUT2D eigenvalue weighted by Crippen LogP contribution is -2.59. The maximum atomic E-state index is 13.8. The third-order valence-corrected chi connectivity index (χ3v) is 8.60. The van der Waals surface area contributed by atoms with Gasteiger partial charge in [0.15, 0.2) is 0 Å². The van der Waals surface area contributed by atoms with Crippen molar-refractivity contribution < 1.29 is 33.9 Å². The van der Waals surface area contributed by atoms with Crippen LogP contribution in [0, 0.1) is 12.3 Å². The molecule has 4 atom stereocenters. The Kier molecular flexibility index (Phi) is 10.5. The van der Waals surface area contributed by atoms with Crippen LogP contribution in [0.25, 0.3) is 10.4 Å². The predicted molar refractivity (Wildman–Crippen MR) is 164 cm³/mol. The quantitative estimate of drug-likeness (QED) is 0.253. The zero-order valence-corrected chi connectivity index (χ0v) is 26.5. The Bertz CT molecular complexity index is 1450. The molecule has 6 amide bonds. The summed E-state index contributed by atoms with van der Waals surface area (Å²) in [4.78, 5) is 84.9. The number of nitrogens with one attached hydrogen (secondary N) is 5. The summed E-state index contributed by atoms with van der Waals surface area (Å²) in [6.07, 6.45) is -1.22. The van der Waals surface area contributed by atoms with Gasteiger partial charge >= 0.3 is 0 Å². The maximum Gasteiger partial charge on any atom is 0.247 e. The molecule has 0 spiro atoms. The van der Waals surface area contributed by atoms with Crippen LogP contribution in [0.1, 0.15) is 50.9 Å². The topological polar surface area (TPSA) is 199 Å². The summed E-state index contributed by atoms with van der Waals surface area (Å²) in [7, 11) is 0. The van der Waals surface area contributed by atoms with Gasteiger partial charge in [0.05, 0.1) is 35.3 Å². The van der Waals surface area contributed by atoms with Crippen LogP contribution in [0.5, 0.6) is 0 Å². The van der Waals surface area contributed by atoms with E-state index in [1.54, 1.807) is 50.5 Å². The summed E-state index contributed by atoms with van der Waals surface area (Å²) in [5.74, 6) is -3.62. The number of aromatic nitrogens is 1. The molecule has 2 aliphatic rings. The SMILES string of the molecule is Cc1ncsc1-c1ccc([C@@H]2NC(=O)[C@@H]3C[C@@H](O)CN3C(=O)C(C(C)(C)C)NC(=O)CNC(=O)CCNC(=O)CNC2=O)cc1. The summed E-state index contributed by atoms with van der Waals surface area (Å²) in [5, 5.41) is 23.4. The van der Waals surface area contributed by atoms with Gasteiger partial charge < -0.3 is 36.6 Å². The number of aliphatic hydroxyl groups excluding tert-OH is 1. The first-order valence-electron chi connectivity index (χ1n) is 14.6. The molecule has 14 nitrogen and oxygen atoms in total. The Morgan fingerprint density at radius 3 is 2.22 bits per heavy atom. The number of benzene rings is 1. The van der Waals surface area contributed by atoms with Crippen LogP contribution in [0.2, 0.25) is 0 Å². The summed E-state index contributed by atoms with van der Waals surface area (Å²) in [5.41, 5.74) is 3.08. The van der Waals surface area contributed by atoms with Crippen molar-refractivity contribution in [2.75, 3.05) is 26.2 Å². The number of nitrogens with zero attached hydrogens (tertiary/aromatic N) is 2. The van der Waals surface area contributed by atoms with Gasteiger partial charge in [-0.25, -0.2) is 4.98 Å². The standard InChI is InChI=1S/C30H39N7O7S/c1-16-25(45-15-34-16)18-7-5-17(6-8-18)24-28(43)33-12-22(40)31-10-9-21(39)32-13-23(41)35-26(30(2,3)4)29(44)37-14-19(38)11-20(37)27(42)36-24/h5-8,15,19-20,24,26,38H,9-14H2,1-4H3,(H,31,40)(H,32,39)(H,33,43)(H,35,41)(H,36,42)/t19-,20+,24+,26?/m1/s1. The molecule has 0 bridgehead atoms. The lowest BCUT2D eigenvalue weighted by molar-refractivity contribution is -0.144. The van der Waals surface area contributed by atoms with E-state index in [9.17, 15) is 33.9 Å². The zero-order chi connectivity index (χ0) is 32.9. The van der Waals surface area contributed by atoms with E-state index in [0.29, 0.717) is 5.56 Å². The van der Waals surface area contributed by atoms with Crippen LogP contribution >= 0.6 is 11.3 Å². The Morgan fingerprint density at radius 2 is 1.58 bits per heavy atom. The van der Waals surface area contributed by atoms with Crippen molar-refractivity contribution in [2.24, 2.45) is 5.41 Å². The number of amides is 6. The number of rotatable bonds is 2. The summed E-state index contributed by atoms with van der Waals surface area (Å²) >= 11 is 1.47. The zero-order valence-electron chi connectivity index (χ0n) is 25.6. The van der Waals surface area contributed by atoms with Gasteiger partial charge in [0.1, 0.15) is 18.1 Å². The predicted octanol–water partition coefficient (Wildman–Crippen LogP) is -0.479. The number of carbonyl (C=O) groups excluding carboxylic acids is 6. The van der Waals surface area contributed by atoms with Gasteiger partial charge in [-0.15, -0.1) is 11.3 Å². The van der Waals surface area contributed by atoms with Crippen LogP contribution in [0.15, 0.2) is 29.8 Å². The minimum atomic E-state index is -1.25. The van der Waals surface area contributed by atoms with Crippen molar-refractivity contribution in [1.82, 2.24) is 36.5 Å². The van der Waals surface area contributed by atoms with E-state index in [1.807, 2.05) is 6.92 Å². The molecule has 2 aromatic rings. The Labute approximate surface area is 264 Å². The van der Waals surface area contributed by atoms with Crippen molar-refractivity contribution in [3.63, 3.8) is 0 Å². The summed E-state index contributed by atoms with van der Waals surface area (Å²) in [6.45, 7) is 6.09. The van der Waals surface area contributed by atoms with E-state index in [-0.39, 0.29) is 25.9 Å². The minimum absolute atomic E-state index is 0.0388. The van der Waals surface area contributed by atoms with Gasteiger partial charge in [0, 0.05) is 25.9 Å². The van der Waals surface area contributed by atoms with Crippen molar-refractivity contribution in [3.05, 3.63) is 41.0 Å². The Hall–Kier alpha value is -4.37. The summed E-state index contributed by atoms with van der Waals surface area (Å²) in [6, 6.07) is 3.48. The molecular weight excluding hydrogens is 602 g/mol. The first-order valence-corrected chi connectivity index (χ1v) is 15.5. The highest BCUT2D eigenvalue weighted by molar-refractivity contribution is 7.13. The summed E-state index contributed by atoms with van der Waals surface area (Å²) < 4.78 is 0. The highest BCUT2D eigenvalue weighted by atomic mass is 32.1. The fraction of sp³-hybridized carbons (Fsp3) is 0.500. The molecule has 242 valence electrons. The van der Waals surface area contributed by atoms with Gasteiger partial charge in [-0.1, -0.05) is 45.0 Å². The lowest BCUT2D eigenvalue weighted by Gasteiger charge is -2.35. The molecular formula is C30H39N7O7S. The molecule has 0 radical (unpaired) electrons. The van der Waals surface area contributed by atoms with E-state index in [1.165, 1.54) is 16.2 Å². The minimum Gasteiger partial charge on any atom is -0.391 e. The normalized spacial score (nSPS) is 24.7. The van der Waals surface area contributed by atoms with E-state index < -0.39 is 78.2 Å². The van der Waals surface area contributed by atoms with Crippen molar-refractivity contribution in [2.45, 2.75) is 64.8 Å². The Morgan fingerprint density at radius 1 is 0.889 bits per heavy atom. The number of carbonyl (C=O) groups is 6. The van der Waals surface area contributed by atoms with E-state index >= 15 is 0 Å². The molecule has 3 heterocycles. The van der Waals surface area contributed by atoms with Crippen LogP contribution < -0.4 is 26.6 Å². The van der Waals surface area contributed by atoms with Crippen LogP contribution in [-0.4, -0.2) is 94.8 Å². The highest BCUT2D eigenvalue weighted by Gasteiger charge is 2.45. The fourth-order valence-electron chi connectivity index (χ4n) is 5.19. The molecule has 2 aliphatic heterocycles. The molecule has 2 saturated heterocycles. The highest BCUT2D eigenvalue weighted by Crippen LogP contribution is 2.29. The second kappa shape index (κ2) is 14.2. The molecule has 0 aliphatic carbocycles. The van der Waals surface area contributed by atoms with E-state index in [4.69, 9.17) is 0 Å². The molecule has 6 N–H and O–H groups in total. The van der Waals surface area contributed by atoms with E-state index in [2.05, 4.69) is 31.6 Å². The number of aryl methyl sites for hydroxylation is 1. The smallest absolute Gasteiger partial charge is 0.247 e. The van der Waals surface area contributed by atoms with Crippen molar-refractivity contribution >= 4 is 46.8 Å². The third-order valence-electron chi connectivity index (χ3n) is 7.63. The van der Waals surface area contributed by atoms with Crippen LogP contribution in [-0.2, 0) is 28.8 Å². The number of fused-ring (bicyclic) bond motifs is 1. The molecule has 4 rings (SSSR count). The van der Waals surface area contributed by atoms with Gasteiger partial charge in [-0.2, -0.15) is 0 Å². The van der Waals surface area contributed by atoms with Gasteiger partial charge in [-0.3, -0.25) is 28.8 Å². The molecule has 2 fully saturated rings. The molecule has 15 heteroatoms. The van der Waals surface area contributed by atoms with Gasteiger partial charge in [0.2, 0.25) is 35.4 Å². The Balaban J connectivity index is 1.66. The first kappa shape index (κ1) is 33.5. The molecule has 1 aromatic carbocycles. The number of aliphatic hydroxyl groups is 1. The van der Waals surface area contributed by atoms with Gasteiger partial charge in [-0.05, 0) is 23.5 Å². The van der Waals surface area contributed by atoms with Crippen LogP contribution in [0.4, 0.5) is 0 Å². The van der Waals surface area contributed by atoms with Crippen molar-refractivity contribution in [1.29, 1.82) is 0 Å². The van der Waals surface area contributed by atoms with E-state index in [0.717, 1.165) is 16.1 Å². The average molecular weight is 642 g/mol. The van der Waals surface area contributed by atoms with Crippen molar-refractivity contribution in [3.8, 4) is 10.4 Å².